The molecule has 0 radical (unpaired) electrons. The lowest BCUT2D eigenvalue weighted by Crippen LogP contribution is -1.98. The normalized spacial score (nSPS) is 10.1. The minimum atomic E-state index is -1.10. The van der Waals surface area contributed by atoms with Crippen LogP contribution in [-0.2, 0) is 0 Å². The molecule has 0 aliphatic rings. The highest BCUT2D eigenvalue weighted by Crippen LogP contribution is 2.24. The first-order chi connectivity index (χ1) is 8.54. The third-order valence-electron chi connectivity index (χ3n) is 2.05. The zero-order valence-corrected chi connectivity index (χ0v) is 10.4. The van der Waals surface area contributed by atoms with Gasteiger partial charge in [-0.3, -0.25) is 0 Å². The monoisotopic (exact) mass is 283 g/mol. The summed E-state index contributed by atoms with van der Waals surface area (Å²) >= 11 is 11.4. The minimum absolute atomic E-state index is 0.0129. The predicted octanol–water partition coefficient (Wildman–Crippen LogP) is 3.88. The van der Waals surface area contributed by atoms with Gasteiger partial charge in [-0.2, -0.15) is 0 Å². The Kier molecular flexibility index (Phi) is 3.69. The van der Waals surface area contributed by atoms with Crippen molar-refractivity contribution >= 4 is 29.2 Å². The topological polar surface area (TPSA) is 59.4 Å². The summed E-state index contributed by atoms with van der Waals surface area (Å²) < 4.78 is 5.39. The number of carbonyl (C=O) groups is 1. The molecule has 0 fully saturated rings. The fourth-order valence-corrected chi connectivity index (χ4v) is 1.60. The molecular formula is C12H7Cl2NO3. The number of rotatable bonds is 3. The predicted molar refractivity (Wildman–Crippen MR) is 67.7 cm³/mol. The molecule has 6 heteroatoms. The van der Waals surface area contributed by atoms with E-state index < -0.39 is 5.97 Å². The van der Waals surface area contributed by atoms with Crippen molar-refractivity contribution in [2.45, 2.75) is 0 Å². The van der Waals surface area contributed by atoms with E-state index in [1.165, 1.54) is 12.1 Å². The zero-order chi connectivity index (χ0) is 13.1. The van der Waals surface area contributed by atoms with Crippen molar-refractivity contribution in [2.75, 3.05) is 0 Å². The molecular weight excluding hydrogens is 277 g/mol. The lowest BCUT2D eigenvalue weighted by atomic mass is 10.3. The van der Waals surface area contributed by atoms with Crippen molar-refractivity contribution in [2.24, 2.45) is 0 Å². The van der Waals surface area contributed by atoms with Crippen LogP contribution >= 0.6 is 23.2 Å². The largest absolute Gasteiger partial charge is 0.478 e. The van der Waals surface area contributed by atoms with Crippen molar-refractivity contribution in [1.29, 1.82) is 0 Å². The van der Waals surface area contributed by atoms with Crippen LogP contribution in [0.1, 0.15) is 10.4 Å². The number of carboxylic acids is 1. The van der Waals surface area contributed by atoms with Gasteiger partial charge in [-0.15, -0.1) is 0 Å². The molecule has 1 heterocycles. The third kappa shape index (κ3) is 3.12. The van der Waals surface area contributed by atoms with Gasteiger partial charge in [0.05, 0.1) is 5.56 Å². The smallest absolute Gasteiger partial charge is 0.335 e. The van der Waals surface area contributed by atoms with Crippen LogP contribution < -0.4 is 4.74 Å². The number of aromatic nitrogens is 1. The number of hydrogen-bond acceptors (Lipinski definition) is 3. The van der Waals surface area contributed by atoms with Gasteiger partial charge in [-0.1, -0.05) is 23.2 Å². The first kappa shape index (κ1) is 12.7. The zero-order valence-electron chi connectivity index (χ0n) is 8.93. The number of ether oxygens (including phenoxy) is 1. The Hall–Kier alpha value is -1.78. The molecule has 4 nitrogen and oxygen atoms in total. The van der Waals surface area contributed by atoms with E-state index >= 15 is 0 Å². The van der Waals surface area contributed by atoms with Crippen LogP contribution in [0.15, 0.2) is 36.4 Å². The summed E-state index contributed by atoms with van der Waals surface area (Å²) in [6.07, 6.45) is 0. The van der Waals surface area contributed by atoms with E-state index in [0.29, 0.717) is 10.8 Å². The second-order valence-electron chi connectivity index (χ2n) is 3.38. The molecule has 1 N–H and O–H groups in total. The summed E-state index contributed by atoms with van der Waals surface area (Å²) in [5, 5.41) is 9.51. The molecule has 18 heavy (non-hydrogen) atoms. The van der Waals surface area contributed by atoms with Crippen molar-refractivity contribution in [3.8, 4) is 11.6 Å². The second kappa shape index (κ2) is 5.25. The van der Waals surface area contributed by atoms with Gasteiger partial charge < -0.3 is 9.84 Å². The summed E-state index contributed by atoms with van der Waals surface area (Å²) in [4.78, 5) is 14.7. The van der Waals surface area contributed by atoms with E-state index in [9.17, 15) is 4.79 Å². The van der Waals surface area contributed by atoms with Gasteiger partial charge in [0, 0.05) is 11.1 Å². The minimum Gasteiger partial charge on any atom is -0.478 e. The lowest BCUT2D eigenvalue weighted by molar-refractivity contribution is 0.0696. The highest BCUT2D eigenvalue weighted by molar-refractivity contribution is 6.30. The maximum Gasteiger partial charge on any atom is 0.335 e. The van der Waals surface area contributed by atoms with Crippen LogP contribution in [0.25, 0.3) is 0 Å². The van der Waals surface area contributed by atoms with Crippen LogP contribution in [0.4, 0.5) is 0 Å². The number of benzene rings is 1. The molecule has 2 rings (SSSR count). The van der Waals surface area contributed by atoms with Crippen molar-refractivity contribution in [3.05, 3.63) is 52.1 Å². The van der Waals surface area contributed by atoms with E-state index in [1.54, 1.807) is 24.3 Å². The maximum atomic E-state index is 10.8. The highest BCUT2D eigenvalue weighted by Gasteiger charge is 2.09. The second-order valence-corrected chi connectivity index (χ2v) is 4.20. The number of halogens is 2. The highest BCUT2D eigenvalue weighted by atomic mass is 35.5. The number of nitrogens with zero attached hydrogens (tertiary/aromatic N) is 1. The summed E-state index contributed by atoms with van der Waals surface area (Å²) in [6, 6.07) is 9.14. The summed E-state index contributed by atoms with van der Waals surface area (Å²) in [5.41, 5.74) is 0.0129. The van der Waals surface area contributed by atoms with E-state index in [4.69, 9.17) is 33.0 Å². The van der Waals surface area contributed by atoms with Gasteiger partial charge in [0.1, 0.15) is 10.9 Å². The van der Waals surface area contributed by atoms with Crippen LogP contribution in [-0.4, -0.2) is 16.1 Å². The Morgan fingerprint density at radius 1 is 1.17 bits per heavy atom. The van der Waals surface area contributed by atoms with E-state index in [1.807, 2.05) is 0 Å². The molecule has 0 bridgehead atoms. The fourth-order valence-electron chi connectivity index (χ4n) is 1.27. The Morgan fingerprint density at radius 3 is 2.44 bits per heavy atom. The van der Waals surface area contributed by atoms with Gasteiger partial charge in [-0.25, -0.2) is 9.78 Å². The maximum absolute atomic E-state index is 10.8. The quantitative estimate of drug-likeness (QED) is 0.869. The molecule has 1 aromatic heterocycles. The number of hydrogen-bond donors (Lipinski definition) is 1. The van der Waals surface area contributed by atoms with Gasteiger partial charge in [-0.05, 0) is 30.3 Å². The van der Waals surface area contributed by atoms with Gasteiger partial charge in [0.2, 0.25) is 5.88 Å². The first-order valence-corrected chi connectivity index (χ1v) is 5.64. The van der Waals surface area contributed by atoms with Crippen LogP contribution in [0.3, 0.4) is 0 Å². The third-order valence-corrected chi connectivity index (χ3v) is 2.50. The van der Waals surface area contributed by atoms with Crippen molar-refractivity contribution < 1.29 is 14.6 Å². The van der Waals surface area contributed by atoms with Crippen molar-refractivity contribution in [1.82, 2.24) is 4.98 Å². The van der Waals surface area contributed by atoms with Crippen LogP contribution in [0.5, 0.6) is 11.6 Å². The molecule has 0 aliphatic carbocycles. The molecule has 0 aliphatic heterocycles. The van der Waals surface area contributed by atoms with Crippen molar-refractivity contribution in [3.63, 3.8) is 0 Å². The Bertz CT molecular complexity index is 584. The van der Waals surface area contributed by atoms with Gasteiger partial charge >= 0.3 is 5.97 Å². The van der Waals surface area contributed by atoms with Gasteiger partial charge in [0.25, 0.3) is 0 Å². The molecule has 92 valence electrons. The number of carboxylic acid groups (broad SMARTS) is 1. The summed E-state index contributed by atoms with van der Waals surface area (Å²) in [5.74, 6) is -0.493. The number of pyridine rings is 1. The van der Waals surface area contributed by atoms with E-state index in [2.05, 4.69) is 4.98 Å². The average molecular weight is 284 g/mol. The first-order valence-electron chi connectivity index (χ1n) is 4.89. The molecule has 0 saturated heterocycles. The molecule has 0 amide bonds. The molecule has 0 saturated carbocycles. The van der Waals surface area contributed by atoms with E-state index in [-0.39, 0.29) is 16.6 Å². The lowest BCUT2D eigenvalue weighted by Gasteiger charge is -2.06. The average Bonchev–Trinajstić information content (AvgIpc) is 2.31. The van der Waals surface area contributed by atoms with E-state index in [0.717, 1.165) is 0 Å². The Labute approximate surface area is 113 Å². The number of aromatic carboxylic acids is 1. The van der Waals surface area contributed by atoms with Gasteiger partial charge in [0.15, 0.2) is 0 Å². The Morgan fingerprint density at radius 2 is 1.83 bits per heavy atom. The SMILES string of the molecule is O=C(O)c1cc(Cl)nc(Oc2ccc(Cl)cc2)c1. The van der Waals surface area contributed by atoms with Crippen LogP contribution in [0.2, 0.25) is 10.2 Å². The fraction of sp³-hybridized carbons (Fsp3) is 0. The molecule has 0 unspecified atom stereocenters. The Balaban J connectivity index is 2.28. The summed E-state index contributed by atoms with van der Waals surface area (Å²) in [7, 11) is 0. The van der Waals surface area contributed by atoms with Crippen LogP contribution in [0, 0.1) is 0 Å². The standard InChI is InChI=1S/C12H7Cl2NO3/c13-8-1-3-9(4-2-8)18-11-6-7(12(16)17)5-10(14)15-11/h1-6H,(H,16,17). The molecule has 1 aromatic carbocycles. The molecule has 2 aromatic rings. The summed E-state index contributed by atoms with van der Waals surface area (Å²) in [6.45, 7) is 0. The molecule has 0 spiro atoms. The molecule has 0 atom stereocenters.